The van der Waals surface area contributed by atoms with Crippen LogP contribution in [0.4, 0.5) is 17.1 Å². The maximum Gasteiger partial charge on any atom is 0.173 e. The summed E-state index contributed by atoms with van der Waals surface area (Å²) < 4.78 is 19.5. The van der Waals surface area contributed by atoms with Gasteiger partial charge in [-0.15, -0.1) is 0 Å². The minimum atomic E-state index is 0.314. The first-order valence-corrected chi connectivity index (χ1v) is 15.7. The van der Waals surface area contributed by atoms with Crippen LogP contribution >= 0.6 is 34.8 Å². The molecule has 0 aromatic heterocycles. The quantitative estimate of drug-likeness (QED) is 0.174. The van der Waals surface area contributed by atoms with Crippen molar-refractivity contribution < 1.29 is 14.2 Å². The molecule has 4 saturated carbocycles. The topological polar surface area (TPSA) is 106 Å². The van der Waals surface area contributed by atoms with Crippen LogP contribution in [0.3, 0.4) is 0 Å². The number of hydrogen-bond donors (Lipinski definition) is 3. The fourth-order valence-electron chi connectivity index (χ4n) is 7.65. The van der Waals surface area contributed by atoms with Crippen LogP contribution in [0.15, 0.2) is 66.7 Å². The van der Waals surface area contributed by atoms with Crippen molar-refractivity contribution in [2.45, 2.75) is 38.0 Å². The Bertz CT molecular complexity index is 1680. The summed E-state index contributed by atoms with van der Waals surface area (Å²) in [6.07, 6.45) is 6.30. The summed E-state index contributed by atoms with van der Waals surface area (Å²) in [5.41, 5.74) is 20.6. The van der Waals surface area contributed by atoms with Crippen LogP contribution in [-0.4, -0.2) is 0 Å². The minimum Gasteiger partial charge on any atom is -0.455 e. The van der Waals surface area contributed by atoms with Crippen molar-refractivity contribution in [2.24, 2.45) is 23.7 Å². The lowest BCUT2D eigenvalue weighted by molar-refractivity contribution is -0.00341. The van der Waals surface area contributed by atoms with Crippen LogP contribution in [0, 0.1) is 23.7 Å². The average molecular weight is 637 g/mol. The van der Waals surface area contributed by atoms with E-state index in [0.717, 1.165) is 17.4 Å². The molecule has 0 spiro atoms. The van der Waals surface area contributed by atoms with Crippen molar-refractivity contribution in [1.29, 1.82) is 0 Å². The SMILES string of the molecule is Nc1ccc(Oc2cc(Oc3ccc(N)cc3Cl)c(C3C4CC5CC(C4)CC3C5)cc2Oc2ccc(N)cc2Cl)c(Cl)c1. The normalized spacial score (nSPS) is 23.7. The van der Waals surface area contributed by atoms with Gasteiger partial charge < -0.3 is 31.4 Å². The van der Waals surface area contributed by atoms with Gasteiger partial charge in [0, 0.05) is 28.7 Å². The number of benzene rings is 4. The van der Waals surface area contributed by atoms with Gasteiger partial charge in [-0.05, 0) is 122 Å². The second kappa shape index (κ2) is 11.2. The molecular formula is C34H32Cl3N3O3. The molecule has 0 radical (unpaired) electrons. The average Bonchev–Trinajstić information content (AvgIpc) is 2.94. The van der Waals surface area contributed by atoms with E-state index in [2.05, 4.69) is 0 Å². The summed E-state index contributed by atoms with van der Waals surface area (Å²) in [6.45, 7) is 0. The lowest BCUT2D eigenvalue weighted by atomic mass is 9.50. The molecule has 4 bridgehead atoms. The molecule has 0 aliphatic heterocycles. The Morgan fingerprint density at radius 2 is 0.860 bits per heavy atom. The highest BCUT2D eigenvalue weighted by molar-refractivity contribution is 6.33. The van der Waals surface area contributed by atoms with Gasteiger partial charge in [0.2, 0.25) is 0 Å². The highest BCUT2D eigenvalue weighted by Crippen LogP contribution is 2.62. The predicted octanol–water partition coefficient (Wildman–Crippen LogP) is 10.3. The molecule has 4 aliphatic rings. The van der Waals surface area contributed by atoms with Gasteiger partial charge in [-0.1, -0.05) is 34.8 Å². The van der Waals surface area contributed by atoms with E-state index in [9.17, 15) is 0 Å². The molecule has 0 atom stereocenters. The van der Waals surface area contributed by atoms with Crippen molar-refractivity contribution in [2.75, 3.05) is 17.2 Å². The monoisotopic (exact) mass is 635 g/mol. The maximum atomic E-state index is 6.61. The number of rotatable bonds is 7. The van der Waals surface area contributed by atoms with Crippen molar-refractivity contribution >= 4 is 51.9 Å². The third kappa shape index (κ3) is 5.64. The zero-order valence-electron chi connectivity index (χ0n) is 23.4. The van der Waals surface area contributed by atoms with Gasteiger partial charge in [0.05, 0.1) is 15.1 Å². The smallest absolute Gasteiger partial charge is 0.173 e. The molecule has 0 saturated heterocycles. The summed E-state index contributed by atoms with van der Waals surface area (Å²) in [6, 6.07) is 19.4. The van der Waals surface area contributed by atoms with E-state index in [1.165, 1.54) is 32.1 Å². The first-order valence-electron chi connectivity index (χ1n) is 14.6. The van der Waals surface area contributed by atoms with E-state index in [-0.39, 0.29) is 0 Å². The molecule has 9 heteroatoms. The molecule has 6 nitrogen and oxygen atoms in total. The molecule has 4 aromatic carbocycles. The molecule has 0 unspecified atom stereocenters. The van der Waals surface area contributed by atoms with E-state index in [4.69, 9.17) is 66.2 Å². The molecule has 4 fully saturated rings. The molecule has 4 aliphatic carbocycles. The number of hydrogen-bond acceptors (Lipinski definition) is 6. The van der Waals surface area contributed by atoms with Crippen LogP contribution in [0.2, 0.25) is 15.1 Å². The summed E-state index contributed by atoms with van der Waals surface area (Å²) in [5.74, 6) is 6.01. The molecule has 43 heavy (non-hydrogen) atoms. The second-order valence-electron chi connectivity index (χ2n) is 12.2. The van der Waals surface area contributed by atoms with Crippen molar-refractivity contribution in [1.82, 2.24) is 0 Å². The third-order valence-electron chi connectivity index (χ3n) is 9.19. The zero-order valence-corrected chi connectivity index (χ0v) is 25.6. The lowest BCUT2D eigenvalue weighted by Crippen LogP contribution is -2.43. The second-order valence-corrected chi connectivity index (χ2v) is 13.4. The standard InChI is InChI=1S/C34H32Cl3N3O3/c35-25-12-21(38)1-4-28(25)41-31-16-33(43-30-6-3-23(40)14-27(30)37)32(42-29-5-2-22(39)13-26(29)36)15-24(31)34-19-8-17-7-18(10-19)11-20(34)9-17/h1-6,12-20,34H,7-11,38-40H2. The Hall–Kier alpha value is -3.45. The number of halogens is 3. The Morgan fingerprint density at radius 1 is 0.465 bits per heavy atom. The van der Waals surface area contributed by atoms with E-state index in [0.29, 0.717) is 84.4 Å². The number of anilines is 3. The Kier molecular flexibility index (Phi) is 7.40. The van der Waals surface area contributed by atoms with Crippen LogP contribution in [-0.2, 0) is 0 Å². The molecule has 8 rings (SSSR count). The predicted molar refractivity (Wildman–Crippen MR) is 174 cm³/mol. The van der Waals surface area contributed by atoms with Gasteiger partial charge in [0.15, 0.2) is 11.5 Å². The Labute approximate surface area is 266 Å². The van der Waals surface area contributed by atoms with Gasteiger partial charge in [0.1, 0.15) is 23.0 Å². The summed E-state index contributed by atoms with van der Waals surface area (Å²) in [5, 5.41) is 1.18. The van der Waals surface area contributed by atoms with Gasteiger partial charge in [-0.25, -0.2) is 0 Å². The van der Waals surface area contributed by atoms with Gasteiger partial charge in [-0.3, -0.25) is 0 Å². The van der Waals surface area contributed by atoms with E-state index in [1.54, 1.807) is 54.6 Å². The highest BCUT2D eigenvalue weighted by atomic mass is 35.5. The Morgan fingerprint density at radius 3 is 1.28 bits per heavy atom. The minimum absolute atomic E-state index is 0.314. The molecule has 6 N–H and O–H groups in total. The zero-order chi connectivity index (χ0) is 29.8. The first kappa shape index (κ1) is 28.3. The van der Waals surface area contributed by atoms with Crippen molar-refractivity contribution in [3.8, 4) is 34.5 Å². The summed E-state index contributed by atoms with van der Waals surface area (Å²) >= 11 is 19.7. The summed E-state index contributed by atoms with van der Waals surface area (Å²) in [4.78, 5) is 0. The third-order valence-corrected chi connectivity index (χ3v) is 10.1. The Balaban J connectivity index is 1.38. The first-order chi connectivity index (χ1) is 20.7. The van der Waals surface area contributed by atoms with Gasteiger partial charge in [0.25, 0.3) is 0 Å². The van der Waals surface area contributed by atoms with E-state index in [1.807, 2.05) is 12.1 Å². The van der Waals surface area contributed by atoms with Gasteiger partial charge in [-0.2, -0.15) is 0 Å². The molecule has 0 heterocycles. The number of nitrogen functional groups attached to an aromatic ring is 3. The fourth-order valence-corrected chi connectivity index (χ4v) is 8.34. The largest absolute Gasteiger partial charge is 0.455 e. The number of ether oxygens (including phenoxy) is 3. The number of nitrogens with two attached hydrogens (primary N) is 3. The van der Waals surface area contributed by atoms with E-state index < -0.39 is 0 Å². The van der Waals surface area contributed by atoms with Crippen LogP contribution in [0.1, 0.15) is 43.6 Å². The van der Waals surface area contributed by atoms with Crippen molar-refractivity contribution in [3.63, 3.8) is 0 Å². The summed E-state index contributed by atoms with van der Waals surface area (Å²) in [7, 11) is 0. The highest BCUT2D eigenvalue weighted by Gasteiger charge is 2.49. The van der Waals surface area contributed by atoms with Crippen LogP contribution in [0.5, 0.6) is 34.5 Å². The molecular weight excluding hydrogens is 605 g/mol. The van der Waals surface area contributed by atoms with Crippen molar-refractivity contribution in [3.05, 3.63) is 87.4 Å². The van der Waals surface area contributed by atoms with Gasteiger partial charge >= 0.3 is 0 Å². The molecule has 4 aromatic rings. The van der Waals surface area contributed by atoms with Crippen LogP contribution < -0.4 is 31.4 Å². The maximum absolute atomic E-state index is 6.61. The van der Waals surface area contributed by atoms with Crippen LogP contribution in [0.25, 0.3) is 0 Å². The lowest BCUT2D eigenvalue weighted by Gasteiger charge is -2.54. The van der Waals surface area contributed by atoms with E-state index >= 15 is 0 Å². The molecule has 222 valence electrons. The molecule has 0 amide bonds. The fraction of sp³-hybridized carbons (Fsp3) is 0.294.